The largest absolute Gasteiger partial charge is 0.489 e. The molecule has 1 aromatic heterocycles. The lowest BCUT2D eigenvalue weighted by atomic mass is 10.1. The van der Waals surface area contributed by atoms with E-state index in [-0.39, 0.29) is 11.6 Å². The van der Waals surface area contributed by atoms with Crippen LogP contribution in [0.4, 0.5) is 0 Å². The Bertz CT molecular complexity index is 1550. The van der Waals surface area contributed by atoms with Crippen LogP contribution in [0.2, 0.25) is 0 Å². The number of nitriles is 2. The SMILES string of the molecule is Cc1cc(/C=C(/C#N)C(=O)N[C@H](C)c2ccccc2)c(C)n1-c1ccc(OCc2ccccc2C#N)cc1. The molecule has 4 aromatic rings. The van der Waals surface area contributed by atoms with Gasteiger partial charge in [-0.15, -0.1) is 0 Å². The zero-order valence-electron chi connectivity index (χ0n) is 21.6. The van der Waals surface area contributed by atoms with Gasteiger partial charge in [0, 0.05) is 22.6 Å². The molecule has 1 heterocycles. The van der Waals surface area contributed by atoms with Gasteiger partial charge in [0.2, 0.25) is 0 Å². The van der Waals surface area contributed by atoms with Crippen LogP contribution in [-0.4, -0.2) is 10.5 Å². The van der Waals surface area contributed by atoms with E-state index in [2.05, 4.69) is 16.0 Å². The molecule has 0 aliphatic carbocycles. The molecule has 6 heteroatoms. The summed E-state index contributed by atoms with van der Waals surface area (Å²) in [6, 6.07) is 30.7. The lowest BCUT2D eigenvalue weighted by Crippen LogP contribution is -2.27. The second-order valence-corrected chi connectivity index (χ2v) is 8.99. The average molecular weight is 501 g/mol. The number of hydrogen-bond acceptors (Lipinski definition) is 4. The molecule has 0 unspecified atom stereocenters. The van der Waals surface area contributed by atoms with E-state index in [9.17, 15) is 15.3 Å². The Balaban J connectivity index is 1.50. The van der Waals surface area contributed by atoms with Crippen LogP contribution < -0.4 is 10.1 Å². The fourth-order valence-corrected chi connectivity index (χ4v) is 4.34. The van der Waals surface area contributed by atoms with Crippen molar-refractivity contribution in [1.29, 1.82) is 10.5 Å². The maximum absolute atomic E-state index is 12.8. The average Bonchev–Trinajstić information content (AvgIpc) is 3.23. The first kappa shape index (κ1) is 26.0. The summed E-state index contributed by atoms with van der Waals surface area (Å²) in [7, 11) is 0. The number of rotatable bonds is 8. The first-order valence-electron chi connectivity index (χ1n) is 12.3. The number of hydrogen-bond donors (Lipinski definition) is 1. The molecule has 6 nitrogen and oxygen atoms in total. The Kier molecular flexibility index (Phi) is 8.06. The van der Waals surface area contributed by atoms with Crippen LogP contribution in [0.5, 0.6) is 5.75 Å². The summed E-state index contributed by atoms with van der Waals surface area (Å²) in [6.07, 6.45) is 1.63. The summed E-state index contributed by atoms with van der Waals surface area (Å²) in [4.78, 5) is 12.8. The van der Waals surface area contributed by atoms with Gasteiger partial charge in [0.25, 0.3) is 5.91 Å². The number of carbonyl (C=O) groups excluding carboxylic acids is 1. The second kappa shape index (κ2) is 11.8. The van der Waals surface area contributed by atoms with Crippen molar-refractivity contribution < 1.29 is 9.53 Å². The van der Waals surface area contributed by atoms with E-state index in [4.69, 9.17) is 4.74 Å². The van der Waals surface area contributed by atoms with E-state index < -0.39 is 5.91 Å². The lowest BCUT2D eigenvalue weighted by Gasteiger charge is -2.14. The molecule has 0 bridgehead atoms. The highest BCUT2D eigenvalue weighted by Crippen LogP contribution is 2.25. The third kappa shape index (κ3) is 5.83. The molecule has 0 aliphatic heterocycles. The van der Waals surface area contributed by atoms with Crippen LogP contribution in [0.3, 0.4) is 0 Å². The van der Waals surface area contributed by atoms with E-state index in [1.54, 1.807) is 12.1 Å². The highest BCUT2D eigenvalue weighted by Gasteiger charge is 2.16. The van der Waals surface area contributed by atoms with Crippen molar-refractivity contribution >= 4 is 12.0 Å². The van der Waals surface area contributed by atoms with Crippen molar-refractivity contribution in [2.75, 3.05) is 0 Å². The Morgan fingerprint density at radius 3 is 2.37 bits per heavy atom. The van der Waals surface area contributed by atoms with Crippen molar-refractivity contribution in [3.63, 3.8) is 0 Å². The van der Waals surface area contributed by atoms with Gasteiger partial charge in [0.05, 0.1) is 17.7 Å². The first-order valence-corrected chi connectivity index (χ1v) is 12.3. The number of amides is 1. The van der Waals surface area contributed by atoms with Crippen LogP contribution in [0.25, 0.3) is 11.8 Å². The number of benzene rings is 3. The molecule has 0 saturated carbocycles. The summed E-state index contributed by atoms with van der Waals surface area (Å²) >= 11 is 0. The quantitative estimate of drug-likeness (QED) is 0.226. The third-order valence-electron chi connectivity index (χ3n) is 6.41. The molecule has 1 atom stereocenters. The van der Waals surface area contributed by atoms with E-state index >= 15 is 0 Å². The van der Waals surface area contributed by atoms with Crippen LogP contribution in [-0.2, 0) is 11.4 Å². The van der Waals surface area contributed by atoms with Crippen LogP contribution >= 0.6 is 0 Å². The molecular formula is C32H28N4O2. The van der Waals surface area contributed by atoms with Gasteiger partial charge in [-0.2, -0.15) is 10.5 Å². The summed E-state index contributed by atoms with van der Waals surface area (Å²) < 4.78 is 7.97. The van der Waals surface area contributed by atoms with E-state index in [1.807, 2.05) is 106 Å². The van der Waals surface area contributed by atoms with E-state index in [0.717, 1.165) is 33.8 Å². The Hall–Kier alpha value is -5.07. The minimum Gasteiger partial charge on any atom is -0.489 e. The summed E-state index contributed by atoms with van der Waals surface area (Å²) in [5.74, 6) is 0.285. The molecule has 4 rings (SSSR count). The molecule has 188 valence electrons. The van der Waals surface area contributed by atoms with Gasteiger partial charge in [-0.1, -0.05) is 48.5 Å². The van der Waals surface area contributed by atoms with Crippen molar-refractivity contribution in [3.8, 4) is 23.6 Å². The Morgan fingerprint density at radius 1 is 1.00 bits per heavy atom. The van der Waals surface area contributed by atoms with Crippen LogP contribution in [0.15, 0.2) is 90.5 Å². The fraction of sp³-hybridized carbons (Fsp3) is 0.156. The first-order chi connectivity index (χ1) is 18.4. The number of aryl methyl sites for hydroxylation is 1. The van der Waals surface area contributed by atoms with E-state index in [0.29, 0.717) is 17.9 Å². The van der Waals surface area contributed by atoms with Gasteiger partial charge in [-0.3, -0.25) is 4.79 Å². The van der Waals surface area contributed by atoms with Gasteiger partial charge in [-0.05, 0) is 74.4 Å². The van der Waals surface area contributed by atoms with Gasteiger partial charge >= 0.3 is 0 Å². The van der Waals surface area contributed by atoms with Crippen LogP contribution in [0, 0.1) is 36.5 Å². The normalized spacial score (nSPS) is 11.8. The molecule has 0 aliphatic rings. The number of nitrogens with one attached hydrogen (secondary N) is 1. The number of nitrogens with zero attached hydrogens (tertiary/aromatic N) is 3. The Morgan fingerprint density at radius 2 is 1.68 bits per heavy atom. The van der Waals surface area contributed by atoms with Crippen molar-refractivity contribution in [2.24, 2.45) is 0 Å². The monoisotopic (exact) mass is 500 g/mol. The predicted molar refractivity (Wildman–Crippen MR) is 147 cm³/mol. The van der Waals surface area contributed by atoms with Crippen LogP contribution in [0.1, 0.15) is 46.6 Å². The molecule has 3 aromatic carbocycles. The molecule has 38 heavy (non-hydrogen) atoms. The highest BCUT2D eigenvalue weighted by atomic mass is 16.5. The van der Waals surface area contributed by atoms with Gasteiger partial charge in [0.1, 0.15) is 24.0 Å². The lowest BCUT2D eigenvalue weighted by molar-refractivity contribution is -0.117. The molecule has 0 fully saturated rings. The summed E-state index contributed by atoms with van der Waals surface area (Å²) in [6.45, 7) is 6.14. The molecule has 1 amide bonds. The van der Waals surface area contributed by atoms with Crippen molar-refractivity contribution in [2.45, 2.75) is 33.4 Å². The van der Waals surface area contributed by atoms with Crippen molar-refractivity contribution in [1.82, 2.24) is 9.88 Å². The molecular weight excluding hydrogens is 472 g/mol. The number of carbonyl (C=O) groups is 1. The zero-order valence-corrected chi connectivity index (χ0v) is 21.6. The maximum Gasteiger partial charge on any atom is 0.262 e. The smallest absolute Gasteiger partial charge is 0.262 e. The number of ether oxygens (including phenoxy) is 1. The molecule has 0 radical (unpaired) electrons. The molecule has 0 spiro atoms. The minimum atomic E-state index is -0.409. The predicted octanol–water partition coefficient (Wildman–Crippen LogP) is 6.33. The minimum absolute atomic E-state index is 0.0504. The van der Waals surface area contributed by atoms with Gasteiger partial charge in [0.15, 0.2) is 0 Å². The highest BCUT2D eigenvalue weighted by molar-refractivity contribution is 6.02. The van der Waals surface area contributed by atoms with Gasteiger partial charge < -0.3 is 14.6 Å². The fourth-order valence-electron chi connectivity index (χ4n) is 4.34. The standard InChI is InChI=1S/C32H28N4O2/c1-22-17-28(18-29(20-34)32(37)35-23(2)25-9-5-4-6-10-25)24(3)36(22)30-13-15-31(16-14-30)38-21-27-12-8-7-11-26(27)19-33/h4-18,23H,21H2,1-3H3,(H,35,37)/b29-18-/t23-/m1/s1. The Labute approximate surface area is 223 Å². The number of aromatic nitrogens is 1. The van der Waals surface area contributed by atoms with Gasteiger partial charge in [-0.25, -0.2) is 0 Å². The molecule has 0 saturated heterocycles. The van der Waals surface area contributed by atoms with Crippen molar-refractivity contribution in [3.05, 3.63) is 124 Å². The molecule has 1 N–H and O–H groups in total. The zero-order chi connectivity index (χ0) is 27.1. The van der Waals surface area contributed by atoms with E-state index in [1.165, 1.54) is 0 Å². The maximum atomic E-state index is 12.8. The topological polar surface area (TPSA) is 90.8 Å². The summed E-state index contributed by atoms with van der Waals surface area (Å²) in [5, 5.41) is 21.9. The third-order valence-corrected chi connectivity index (χ3v) is 6.41. The second-order valence-electron chi connectivity index (χ2n) is 8.99. The summed E-state index contributed by atoms with van der Waals surface area (Å²) in [5.41, 5.74) is 6.08.